The molecule has 1 amide bonds. The molecule has 146 valence electrons. The van der Waals surface area contributed by atoms with Crippen molar-refractivity contribution in [3.8, 4) is 11.1 Å². The molecule has 2 heterocycles. The zero-order valence-electron chi connectivity index (χ0n) is 15.7. The van der Waals surface area contributed by atoms with Gasteiger partial charge in [-0.05, 0) is 48.9 Å². The average Bonchev–Trinajstić information content (AvgIpc) is 3.46. The Hall–Kier alpha value is -2.90. The molecule has 1 aromatic carbocycles. The van der Waals surface area contributed by atoms with Crippen molar-refractivity contribution in [2.75, 3.05) is 11.9 Å². The number of nitrogens with one attached hydrogen (secondary N) is 1. The van der Waals surface area contributed by atoms with Crippen molar-refractivity contribution in [3.05, 3.63) is 53.9 Å². The highest BCUT2D eigenvalue weighted by molar-refractivity contribution is 6.02. The van der Waals surface area contributed by atoms with E-state index in [1.54, 1.807) is 10.6 Å². The number of benzene rings is 1. The molecule has 0 saturated heterocycles. The molecule has 1 fully saturated rings. The lowest BCUT2D eigenvalue weighted by atomic mass is 10.0. The molecule has 4 rings (SSSR count). The lowest BCUT2D eigenvalue weighted by Crippen LogP contribution is -2.22. The number of hydrogen-bond donors (Lipinski definition) is 4. The standard InChI is InChI=1S/C21H24N4O3/c1-12(13-5-6-13)24-20-17(21(22)28)9-23-25-10-16(8-18(20)25)14-3-2-4-15(7-14)19(27)11-26/h2-4,7-10,12-13,19,24,26-27H,5-6,11H2,1H3,(H2,22,28)/t12-,19?/m1/s1. The zero-order chi connectivity index (χ0) is 19.8. The van der Waals surface area contributed by atoms with Crippen molar-refractivity contribution in [1.29, 1.82) is 0 Å². The van der Waals surface area contributed by atoms with Crippen molar-refractivity contribution in [3.63, 3.8) is 0 Å². The minimum atomic E-state index is -0.923. The number of carbonyl (C=O) groups is 1. The monoisotopic (exact) mass is 380 g/mol. The third-order valence-electron chi connectivity index (χ3n) is 5.38. The molecule has 2 atom stereocenters. The Morgan fingerprint density at radius 1 is 1.36 bits per heavy atom. The number of fused-ring (bicyclic) bond motifs is 1. The molecule has 0 aliphatic heterocycles. The molecule has 7 nitrogen and oxygen atoms in total. The minimum Gasteiger partial charge on any atom is -0.393 e. The summed E-state index contributed by atoms with van der Waals surface area (Å²) in [5.74, 6) is 0.0938. The molecule has 1 saturated carbocycles. The van der Waals surface area contributed by atoms with Crippen LogP contribution in [-0.2, 0) is 0 Å². The van der Waals surface area contributed by atoms with Crippen LogP contribution in [-0.4, -0.2) is 38.4 Å². The highest BCUT2D eigenvalue weighted by atomic mass is 16.3. The lowest BCUT2D eigenvalue weighted by Gasteiger charge is -2.17. The average molecular weight is 380 g/mol. The molecule has 1 unspecified atom stereocenters. The predicted molar refractivity (Wildman–Crippen MR) is 107 cm³/mol. The molecular weight excluding hydrogens is 356 g/mol. The Kier molecular flexibility index (Phi) is 4.78. The van der Waals surface area contributed by atoms with Gasteiger partial charge in [0, 0.05) is 17.8 Å². The molecule has 1 aliphatic carbocycles. The van der Waals surface area contributed by atoms with Gasteiger partial charge < -0.3 is 21.3 Å². The van der Waals surface area contributed by atoms with Crippen LogP contribution in [0.2, 0.25) is 0 Å². The van der Waals surface area contributed by atoms with Crippen LogP contribution in [0.3, 0.4) is 0 Å². The number of anilines is 1. The maximum absolute atomic E-state index is 11.9. The van der Waals surface area contributed by atoms with Crippen LogP contribution in [0.4, 0.5) is 5.69 Å². The third kappa shape index (κ3) is 3.46. The smallest absolute Gasteiger partial charge is 0.252 e. The fourth-order valence-electron chi connectivity index (χ4n) is 3.53. The topological polar surface area (TPSA) is 113 Å². The predicted octanol–water partition coefficient (Wildman–Crippen LogP) is 2.34. The summed E-state index contributed by atoms with van der Waals surface area (Å²) in [5, 5.41) is 26.9. The second-order valence-corrected chi connectivity index (χ2v) is 7.45. The van der Waals surface area contributed by atoms with E-state index in [0.717, 1.165) is 16.6 Å². The maximum atomic E-state index is 11.9. The Labute approximate surface area is 162 Å². The summed E-state index contributed by atoms with van der Waals surface area (Å²) in [6.45, 7) is 1.78. The Morgan fingerprint density at radius 3 is 2.82 bits per heavy atom. The lowest BCUT2D eigenvalue weighted by molar-refractivity contribution is 0.0956. The first kappa shape index (κ1) is 18.5. The van der Waals surface area contributed by atoms with Crippen molar-refractivity contribution >= 4 is 17.1 Å². The summed E-state index contributed by atoms with van der Waals surface area (Å²) in [6.07, 6.45) is 4.82. The van der Waals surface area contributed by atoms with Gasteiger partial charge in [0.25, 0.3) is 5.91 Å². The van der Waals surface area contributed by atoms with Gasteiger partial charge in [0.05, 0.1) is 29.6 Å². The van der Waals surface area contributed by atoms with Crippen molar-refractivity contribution < 1.29 is 15.0 Å². The summed E-state index contributed by atoms with van der Waals surface area (Å²) >= 11 is 0. The summed E-state index contributed by atoms with van der Waals surface area (Å²) in [6, 6.07) is 9.56. The Bertz CT molecular complexity index is 1030. The molecule has 2 aromatic heterocycles. The van der Waals surface area contributed by atoms with E-state index in [0.29, 0.717) is 22.7 Å². The van der Waals surface area contributed by atoms with Gasteiger partial charge in [0.2, 0.25) is 0 Å². The van der Waals surface area contributed by atoms with E-state index in [9.17, 15) is 15.0 Å². The van der Waals surface area contributed by atoms with Gasteiger partial charge in [-0.2, -0.15) is 5.10 Å². The number of nitrogens with two attached hydrogens (primary N) is 1. The first-order chi connectivity index (χ1) is 13.5. The Balaban J connectivity index is 1.79. The number of hydrogen-bond acceptors (Lipinski definition) is 5. The number of primary amides is 1. The van der Waals surface area contributed by atoms with Crippen molar-refractivity contribution in [1.82, 2.24) is 9.61 Å². The highest BCUT2D eigenvalue weighted by Gasteiger charge is 2.29. The van der Waals surface area contributed by atoms with Crippen LogP contribution in [0.25, 0.3) is 16.6 Å². The molecule has 3 aromatic rings. The van der Waals surface area contributed by atoms with E-state index < -0.39 is 12.0 Å². The van der Waals surface area contributed by atoms with Crippen LogP contribution in [0, 0.1) is 5.92 Å². The minimum absolute atomic E-state index is 0.241. The van der Waals surface area contributed by atoms with Crippen LogP contribution >= 0.6 is 0 Å². The molecule has 0 radical (unpaired) electrons. The fourth-order valence-corrected chi connectivity index (χ4v) is 3.53. The molecule has 5 N–H and O–H groups in total. The van der Waals surface area contributed by atoms with Gasteiger partial charge in [0.1, 0.15) is 6.10 Å². The molecule has 0 spiro atoms. The third-order valence-corrected chi connectivity index (χ3v) is 5.38. The quantitative estimate of drug-likeness (QED) is 0.502. The molecule has 0 bridgehead atoms. The van der Waals surface area contributed by atoms with E-state index in [2.05, 4.69) is 17.3 Å². The number of aromatic nitrogens is 2. The number of aliphatic hydroxyl groups is 2. The summed E-state index contributed by atoms with van der Waals surface area (Å²) in [4.78, 5) is 11.9. The summed E-state index contributed by atoms with van der Waals surface area (Å²) in [5.41, 5.74) is 9.83. The number of amides is 1. The second kappa shape index (κ2) is 7.26. The van der Waals surface area contributed by atoms with Gasteiger partial charge in [0.15, 0.2) is 0 Å². The first-order valence-corrected chi connectivity index (χ1v) is 9.45. The van der Waals surface area contributed by atoms with Crippen LogP contribution in [0.5, 0.6) is 0 Å². The van der Waals surface area contributed by atoms with E-state index in [1.165, 1.54) is 19.0 Å². The normalized spacial score (nSPS) is 16.1. The van der Waals surface area contributed by atoms with Gasteiger partial charge >= 0.3 is 0 Å². The van der Waals surface area contributed by atoms with Gasteiger partial charge in [-0.15, -0.1) is 0 Å². The van der Waals surface area contributed by atoms with E-state index in [-0.39, 0.29) is 12.6 Å². The number of rotatable bonds is 7. The highest BCUT2D eigenvalue weighted by Crippen LogP contribution is 2.36. The fraction of sp³-hybridized carbons (Fsp3) is 0.333. The van der Waals surface area contributed by atoms with Crippen molar-refractivity contribution in [2.45, 2.75) is 31.9 Å². The summed E-state index contributed by atoms with van der Waals surface area (Å²) < 4.78 is 1.72. The van der Waals surface area contributed by atoms with Crippen molar-refractivity contribution in [2.24, 2.45) is 11.7 Å². The van der Waals surface area contributed by atoms with Crippen LogP contribution in [0.15, 0.2) is 42.7 Å². The molecule has 28 heavy (non-hydrogen) atoms. The molecule has 7 heteroatoms. The zero-order valence-corrected chi connectivity index (χ0v) is 15.7. The number of carbonyl (C=O) groups excluding carboxylic acids is 1. The van der Waals surface area contributed by atoms with E-state index >= 15 is 0 Å². The van der Waals surface area contributed by atoms with E-state index in [1.807, 2.05) is 30.5 Å². The second-order valence-electron chi connectivity index (χ2n) is 7.45. The summed E-state index contributed by atoms with van der Waals surface area (Å²) in [7, 11) is 0. The molecular formula is C21H24N4O3. The van der Waals surface area contributed by atoms with Gasteiger partial charge in [-0.1, -0.05) is 18.2 Å². The number of nitrogens with zero attached hydrogens (tertiary/aromatic N) is 2. The van der Waals surface area contributed by atoms with Crippen LogP contribution in [0.1, 0.15) is 41.8 Å². The first-order valence-electron chi connectivity index (χ1n) is 9.45. The van der Waals surface area contributed by atoms with Crippen LogP contribution < -0.4 is 11.1 Å². The van der Waals surface area contributed by atoms with Gasteiger partial charge in [-0.3, -0.25) is 4.79 Å². The SMILES string of the molecule is C[C@@H](Nc1c(C(N)=O)cnn2cc(-c3cccc(C(O)CO)c3)cc12)C1CC1. The van der Waals surface area contributed by atoms with E-state index in [4.69, 9.17) is 5.73 Å². The van der Waals surface area contributed by atoms with Gasteiger partial charge in [-0.25, -0.2) is 4.52 Å². The number of aliphatic hydroxyl groups excluding tert-OH is 2. The molecule has 1 aliphatic rings. The maximum Gasteiger partial charge on any atom is 0.252 e. The largest absolute Gasteiger partial charge is 0.393 e. The Morgan fingerprint density at radius 2 is 2.14 bits per heavy atom.